The van der Waals surface area contributed by atoms with Gasteiger partial charge in [-0.3, -0.25) is 9.20 Å². The summed E-state index contributed by atoms with van der Waals surface area (Å²) in [6, 6.07) is 9.07. The third kappa shape index (κ3) is 4.02. The van der Waals surface area contributed by atoms with Crippen LogP contribution in [0.4, 0.5) is 4.39 Å². The zero-order valence-corrected chi connectivity index (χ0v) is 17.1. The van der Waals surface area contributed by atoms with E-state index in [2.05, 4.69) is 4.98 Å². The molecule has 4 rings (SSSR count). The number of rotatable bonds is 6. The standard InChI is InChI=1S/C21H20FN3O3S/c1-13-10-25-18(14(2)23-21(25)29-13)11-24(3)20(26)19-9-8-17(28-19)12-27-16-6-4-15(22)5-7-16/h4-10H,11-12H2,1-3H3. The Kier molecular flexibility index (Phi) is 5.10. The summed E-state index contributed by atoms with van der Waals surface area (Å²) in [5, 5.41) is 0. The van der Waals surface area contributed by atoms with Crippen molar-refractivity contribution >= 4 is 22.2 Å². The van der Waals surface area contributed by atoms with Gasteiger partial charge in [-0.2, -0.15) is 0 Å². The molecule has 0 saturated heterocycles. The van der Waals surface area contributed by atoms with E-state index in [1.165, 1.54) is 17.0 Å². The lowest BCUT2D eigenvalue weighted by molar-refractivity contribution is 0.0747. The van der Waals surface area contributed by atoms with Crippen molar-refractivity contribution < 1.29 is 18.3 Å². The topological polar surface area (TPSA) is 60.0 Å². The summed E-state index contributed by atoms with van der Waals surface area (Å²) in [5.74, 6) is 0.737. The van der Waals surface area contributed by atoms with Crippen molar-refractivity contribution in [3.05, 3.63) is 76.2 Å². The molecule has 150 valence electrons. The Morgan fingerprint density at radius 2 is 2.00 bits per heavy atom. The number of ether oxygens (including phenoxy) is 1. The molecule has 1 amide bonds. The molecule has 8 heteroatoms. The van der Waals surface area contributed by atoms with Gasteiger partial charge in [0, 0.05) is 18.1 Å². The maximum absolute atomic E-state index is 12.9. The minimum absolute atomic E-state index is 0.152. The zero-order chi connectivity index (χ0) is 20.5. The predicted octanol–water partition coefficient (Wildman–Crippen LogP) is 4.60. The SMILES string of the molecule is Cc1cn2c(CN(C)C(=O)c3ccc(COc4ccc(F)cc4)o3)c(C)nc2s1. The summed E-state index contributed by atoms with van der Waals surface area (Å²) >= 11 is 1.62. The number of halogens is 1. The fourth-order valence-corrected chi connectivity index (χ4v) is 3.93. The molecule has 3 aromatic heterocycles. The second kappa shape index (κ2) is 7.71. The van der Waals surface area contributed by atoms with Crippen LogP contribution in [0.5, 0.6) is 5.75 Å². The molecule has 0 saturated carbocycles. The van der Waals surface area contributed by atoms with Crippen LogP contribution in [0.25, 0.3) is 4.96 Å². The van der Waals surface area contributed by atoms with Crippen molar-refractivity contribution in [2.24, 2.45) is 0 Å². The van der Waals surface area contributed by atoms with Crippen molar-refractivity contribution in [2.75, 3.05) is 7.05 Å². The minimum atomic E-state index is -0.324. The normalized spacial score (nSPS) is 11.2. The van der Waals surface area contributed by atoms with Crippen molar-refractivity contribution in [2.45, 2.75) is 27.0 Å². The molecule has 0 N–H and O–H groups in total. The van der Waals surface area contributed by atoms with Crippen LogP contribution in [0.15, 0.2) is 47.0 Å². The summed E-state index contributed by atoms with van der Waals surface area (Å²) in [5.41, 5.74) is 1.88. The first-order valence-corrected chi connectivity index (χ1v) is 9.89. The Hall–Kier alpha value is -3.13. The van der Waals surface area contributed by atoms with Crippen LogP contribution in [0, 0.1) is 19.7 Å². The lowest BCUT2D eigenvalue weighted by Crippen LogP contribution is -2.26. The number of hydrogen-bond acceptors (Lipinski definition) is 5. The minimum Gasteiger partial charge on any atom is -0.486 e. The molecule has 0 radical (unpaired) electrons. The number of thiazole rings is 1. The van der Waals surface area contributed by atoms with Crippen LogP contribution in [0.1, 0.15) is 32.6 Å². The molecule has 1 aromatic carbocycles. The average Bonchev–Trinajstić information content (AvgIpc) is 3.37. The third-order valence-electron chi connectivity index (χ3n) is 4.54. The molecule has 0 atom stereocenters. The van der Waals surface area contributed by atoms with Gasteiger partial charge < -0.3 is 14.1 Å². The molecule has 4 aromatic rings. The van der Waals surface area contributed by atoms with Crippen LogP contribution in [0.3, 0.4) is 0 Å². The van der Waals surface area contributed by atoms with Crippen molar-refractivity contribution in [1.82, 2.24) is 14.3 Å². The quantitative estimate of drug-likeness (QED) is 0.464. The Morgan fingerprint density at radius 1 is 1.24 bits per heavy atom. The maximum Gasteiger partial charge on any atom is 0.289 e. The number of aryl methyl sites for hydroxylation is 2. The van der Waals surface area contributed by atoms with Crippen LogP contribution >= 0.6 is 11.3 Å². The highest BCUT2D eigenvalue weighted by Crippen LogP contribution is 2.22. The summed E-state index contributed by atoms with van der Waals surface area (Å²) in [6.45, 7) is 4.55. The Balaban J connectivity index is 1.42. The number of amides is 1. The van der Waals surface area contributed by atoms with Crippen molar-refractivity contribution in [3.8, 4) is 5.75 Å². The number of nitrogens with zero attached hydrogens (tertiary/aromatic N) is 3. The first-order valence-electron chi connectivity index (χ1n) is 9.07. The number of benzene rings is 1. The van der Waals surface area contributed by atoms with E-state index in [1.54, 1.807) is 47.5 Å². The van der Waals surface area contributed by atoms with Gasteiger partial charge in [0.2, 0.25) is 0 Å². The number of aromatic nitrogens is 2. The number of carbonyl (C=O) groups is 1. The monoisotopic (exact) mass is 413 g/mol. The highest BCUT2D eigenvalue weighted by molar-refractivity contribution is 7.17. The predicted molar refractivity (Wildman–Crippen MR) is 108 cm³/mol. The summed E-state index contributed by atoms with van der Waals surface area (Å²) in [7, 11) is 1.73. The van der Waals surface area contributed by atoms with E-state index in [1.807, 2.05) is 24.4 Å². The molecular weight excluding hydrogens is 393 g/mol. The summed E-state index contributed by atoms with van der Waals surface area (Å²) in [6.07, 6.45) is 2.03. The van der Waals surface area contributed by atoms with Crippen molar-refractivity contribution in [1.29, 1.82) is 0 Å². The van der Waals surface area contributed by atoms with Crippen molar-refractivity contribution in [3.63, 3.8) is 0 Å². The van der Waals surface area contributed by atoms with Gasteiger partial charge in [-0.05, 0) is 50.2 Å². The van der Waals surface area contributed by atoms with Gasteiger partial charge in [0.25, 0.3) is 5.91 Å². The van der Waals surface area contributed by atoms with E-state index >= 15 is 0 Å². The van der Waals surface area contributed by atoms with Crippen LogP contribution in [-0.2, 0) is 13.2 Å². The molecule has 29 heavy (non-hydrogen) atoms. The second-order valence-corrected chi connectivity index (χ2v) is 8.02. The average molecular weight is 413 g/mol. The number of fused-ring (bicyclic) bond motifs is 1. The second-order valence-electron chi connectivity index (χ2n) is 6.81. The first kappa shape index (κ1) is 19.2. The third-order valence-corrected chi connectivity index (χ3v) is 5.44. The van der Waals surface area contributed by atoms with Gasteiger partial charge in [0.05, 0.1) is 17.9 Å². The van der Waals surface area contributed by atoms with Gasteiger partial charge >= 0.3 is 0 Å². The summed E-state index contributed by atoms with van der Waals surface area (Å²) in [4.78, 5) is 21.0. The maximum atomic E-state index is 12.9. The molecular formula is C21H20FN3O3S. The number of carbonyl (C=O) groups excluding carboxylic acids is 1. The number of hydrogen-bond donors (Lipinski definition) is 0. The van der Waals surface area contributed by atoms with Gasteiger partial charge in [-0.15, -0.1) is 11.3 Å². The van der Waals surface area contributed by atoms with Crippen LogP contribution in [0.2, 0.25) is 0 Å². The molecule has 0 aliphatic heterocycles. The molecule has 0 aliphatic carbocycles. The molecule has 0 bridgehead atoms. The van der Waals surface area contributed by atoms with Gasteiger partial charge in [0.1, 0.15) is 23.9 Å². The molecule has 0 spiro atoms. The summed E-state index contributed by atoms with van der Waals surface area (Å²) < 4.78 is 26.2. The molecule has 0 aliphatic rings. The number of furan rings is 1. The van der Waals surface area contributed by atoms with Crippen LogP contribution in [-0.4, -0.2) is 27.2 Å². The van der Waals surface area contributed by atoms with Gasteiger partial charge in [-0.1, -0.05) is 0 Å². The fourth-order valence-electron chi connectivity index (χ4n) is 3.04. The first-order chi connectivity index (χ1) is 13.9. The van der Waals surface area contributed by atoms with E-state index in [0.29, 0.717) is 18.1 Å². The van der Waals surface area contributed by atoms with E-state index < -0.39 is 0 Å². The van der Waals surface area contributed by atoms with Crippen LogP contribution < -0.4 is 4.74 Å². The number of imidazole rings is 1. The Bertz CT molecular complexity index is 1160. The van der Waals surface area contributed by atoms with E-state index in [4.69, 9.17) is 9.15 Å². The molecule has 6 nitrogen and oxygen atoms in total. The molecule has 0 unspecified atom stereocenters. The Morgan fingerprint density at radius 3 is 2.76 bits per heavy atom. The Labute approximate surface area is 171 Å². The largest absolute Gasteiger partial charge is 0.486 e. The fraction of sp³-hybridized carbons (Fsp3) is 0.238. The lowest BCUT2D eigenvalue weighted by Gasteiger charge is -2.15. The highest BCUT2D eigenvalue weighted by Gasteiger charge is 2.20. The van der Waals surface area contributed by atoms with Gasteiger partial charge in [0.15, 0.2) is 10.7 Å². The molecule has 3 heterocycles. The van der Waals surface area contributed by atoms with E-state index in [-0.39, 0.29) is 24.1 Å². The lowest BCUT2D eigenvalue weighted by atomic mass is 10.3. The van der Waals surface area contributed by atoms with Gasteiger partial charge in [-0.25, -0.2) is 9.37 Å². The highest BCUT2D eigenvalue weighted by atomic mass is 32.1. The molecule has 0 fully saturated rings. The van der Waals surface area contributed by atoms with E-state index in [0.717, 1.165) is 16.3 Å². The zero-order valence-electron chi connectivity index (χ0n) is 16.3. The smallest absolute Gasteiger partial charge is 0.289 e. The van der Waals surface area contributed by atoms with E-state index in [9.17, 15) is 9.18 Å².